The number of hydrogen-bond acceptors (Lipinski definition) is 3. The van der Waals surface area contributed by atoms with Crippen LogP contribution in [0.15, 0.2) is 51.8 Å². The number of ether oxygens (including phenoxy) is 1. The van der Waals surface area contributed by atoms with Crippen molar-refractivity contribution in [2.45, 2.75) is 11.8 Å². The molecule has 0 heterocycles. The molecule has 2 rings (SSSR count). The molecule has 0 saturated heterocycles. The Balaban J connectivity index is 1.89. The Morgan fingerprint density at radius 1 is 1.21 bits per heavy atom. The van der Waals surface area contributed by atoms with Crippen LogP contribution >= 0.6 is 27.5 Å². The van der Waals surface area contributed by atoms with Gasteiger partial charge in [0, 0.05) is 9.50 Å². The minimum Gasteiger partial charge on any atom is -0.481 e. The van der Waals surface area contributed by atoms with Gasteiger partial charge in [-0.05, 0) is 42.8 Å². The standard InChI is InChI=1S/C17H15BrClNO3S/c1-13-16(19)8-5-9-17(13)24(21,22)20-10-2-3-11-23-15-7-4-6-14(18)12-15/h4-9,12,20H,10-11H2,1H3. The van der Waals surface area contributed by atoms with Crippen LogP contribution in [0.1, 0.15) is 5.56 Å². The van der Waals surface area contributed by atoms with Gasteiger partial charge in [0.25, 0.3) is 0 Å². The second kappa shape index (κ2) is 8.54. The quantitative estimate of drug-likeness (QED) is 0.738. The van der Waals surface area contributed by atoms with Crippen molar-refractivity contribution in [3.05, 3.63) is 57.5 Å². The summed E-state index contributed by atoms with van der Waals surface area (Å²) in [5.41, 5.74) is 0.512. The summed E-state index contributed by atoms with van der Waals surface area (Å²) in [6.45, 7) is 1.83. The van der Waals surface area contributed by atoms with E-state index in [1.807, 2.05) is 24.3 Å². The first-order chi connectivity index (χ1) is 11.4. The first-order valence-corrected chi connectivity index (χ1v) is 9.64. The second-order valence-corrected chi connectivity index (χ2v) is 7.85. The molecule has 0 spiro atoms. The number of benzene rings is 2. The third-order valence-electron chi connectivity index (χ3n) is 3.09. The summed E-state index contributed by atoms with van der Waals surface area (Å²) in [6.07, 6.45) is 0. The molecule has 126 valence electrons. The molecule has 2 aromatic rings. The number of hydrogen-bond donors (Lipinski definition) is 1. The maximum Gasteiger partial charge on any atom is 0.241 e. The van der Waals surface area contributed by atoms with E-state index in [4.69, 9.17) is 16.3 Å². The van der Waals surface area contributed by atoms with Gasteiger partial charge in [0.15, 0.2) is 0 Å². The minimum atomic E-state index is -3.64. The Morgan fingerprint density at radius 2 is 1.96 bits per heavy atom. The minimum absolute atomic E-state index is 0.00384. The van der Waals surface area contributed by atoms with Gasteiger partial charge < -0.3 is 4.74 Å². The summed E-state index contributed by atoms with van der Waals surface area (Å²) < 4.78 is 33.2. The van der Waals surface area contributed by atoms with Crippen LogP contribution in [0, 0.1) is 18.8 Å². The van der Waals surface area contributed by atoms with Gasteiger partial charge >= 0.3 is 0 Å². The van der Waals surface area contributed by atoms with Gasteiger partial charge in [-0.2, -0.15) is 4.72 Å². The lowest BCUT2D eigenvalue weighted by atomic mass is 10.2. The zero-order valence-corrected chi connectivity index (χ0v) is 16.0. The number of halogens is 2. The summed E-state index contributed by atoms with van der Waals surface area (Å²) in [5.74, 6) is 6.17. The molecule has 0 fully saturated rings. The molecule has 0 aliphatic rings. The topological polar surface area (TPSA) is 55.4 Å². The zero-order valence-electron chi connectivity index (χ0n) is 12.8. The predicted octanol–water partition coefficient (Wildman–Crippen LogP) is 3.77. The Hall–Kier alpha value is -1.52. The van der Waals surface area contributed by atoms with Crippen LogP contribution in [0.2, 0.25) is 5.02 Å². The lowest BCUT2D eigenvalue weighted by molar-refractivity contribution is 0.370. The summed E-state index contributed by atoms with van der Waals surface area (Å²) in [7, 11) is -3.64. The fourth-order valence-electron chi connectivity index (χ4n) is 1.88. The van der Waals surface area contributed by atoms with Crippen molar-refractivity contribution in [3.63, 3.8) is 0 Å². The second-order valence-electron chi connectivity index (χ2n) is 4.79. The normalized spacial score (nSPS) is 10.8. The van der Waals surface area contributed by atoms with Gasteiger partial charge in [-0.1, -0.05) is 51.5 Å². The summed E-state index contributed by atoms with van der Waals surface area (Å²) in [6, 6.07) is 12.1. The SMILES string of the molecule is Cc1c(Cl)cccc1S(=O)(=O)NCC#CCOc1cccc(Br)c1. The third-order valence-corrected chi connectivity index (χ3v) is 5.54. The molecule has 0 bridgehead atoms. The Bertz CT molecular complexity index is 888. The van der Waals surface area contributed by atoms with E-state index in [0.717, 1.165) is 4.47 Å². The van der Waals surface area contributed by atoms with E-state index in [0.29, 0.717) is 16.3 Å². The van der Waals surface area contributed by atoms with Crippen LogP contribution in [0.3, 0.4) is 0 Å². The summed E-state index contributed by atoms with van der Waals surface area (Å²) in [4.78, 5) is 0.155. The van der Waals surface area contributed by atoms with E-state index in [1.54, 1.807) is 19.1 Å². The Kier molecular flexibility index (Phi) is 6.69. The fraction of sp³-hybridized carbons (Fsp3) is 0.176. The number of sulfonamides is 1. The molecular weight excluding hydrogens is 414 g/mol. The monoisotopic (exact) mass is 427 g/mol. The molecule has 0 unspecified atom stereocenters. The van der Waals surface area contributed by atoms with E-state index in [-0.39, 0.29) is 18.0 Å². The van der Waals surface area contributed by atoms with Crippen molar-refractivity contribution >= 4 is 37.6 Å². The van der Waals surface area contributed by atoms with Crippen LogP contribution in [-0.4, -0.2) is 21.6 Å². The largest absolute Gasteiger partial charge is 0.481 e. The predicted molar refractivity (Wildman–Crippen MR) is 98.8 cm³/mol. The molecule has 7 heteroatoms. The third kappa shape index (κ3) is 5.25. The van der Waals surface area contributed by atoms with E-state index >= 15 is 0 Å². The molecule has 2 aromatic carbocycles. The van der Waals surface area contributed by atoms with Crippen LogP contribution < -0.4 is 9.46 Å². The van der Waals surface area contributed by atoms with E-state index in [2.05, 4.69) is 32.5 Å². The van der Waals surface area contributed by atoms with Crippen molar-refractivity contribution in [1.82, 2.24) is 4.72 Å². The highest BCUT2D eigenvalue weighted by Crippen LogP contribution is 2.22. The van der Waals surface area contributed by atoms with Crippen LogP contribution in [0.25, 0.3) is 0 Å². The molecule has 0 atom stereocenters. The Labute approximate surface area is 155 Å². The summed E-state index contributed by atoms with van der Waals surface area (Å²) >= 11 is 9.30. The van der Waals surface area contributed by atoms with Crippen LogP contribution in [0.4, 0.5) is 0 Å². The fourth-order valence-corrected chi connectivity index (χ4v) is 3.67. The Morgan fingerprint density at radius 3 is 2.71 bits per heavy atom. The van der Waals surface area contributed by atoms with Crippen molar-refractivity contribution in [3.8, 4) is 17.6 Å². The van der Waals surface area contributed by atoms with Crippen molar-refractivity contribution in [2.24, 2.45) is 0 Å². The van der Waals surface area contributed by atoms with Crippen molar-refractivity contribution < 1.29 is 13.2 Å². The molecule has 0 aromatic heterocycles. The molecule has 0 aliphatic heterocycles. The molecule has 24 heavy (non-hydrogen) atoms. The van der Waals surface area contributed by atoms with Gasteiger partial charge in [-0.3, -0.25) is 0 Å². The van der Waals surface area contributed by atoms with E-state index in [9.17, 15) is 8.42 Å². The van der Waals surface area contributed by atoms with Crippen LogP contribution in [0.5, 0.6) is 5.75 Å². The smallest absolute Gasteiger partial charge is 0.241 e. The first kappa shape index (κ1) is 18.8. The highest BCUT2D eigenvalue weighted by atomic mass is 79.9. The lowest BCUT2D eigenvalue weighted by Gasteiger charge is -2.08. The van der Waals surface area contributed by atoms with Crippen molar-refractivity contribution in [2.75, 3.05) is 13.2 Å². The highest BCUT2D eigenvalue weighted by Gasteiger charge is 2.16. The molecule has 0 saturated carbocycles. The molecule has 1 N–H and O–H groups in total. The van der Waals surface area contributed by atoms with Gasteiger partial charge in [-0.15, -0.1) is 0 Å². The average Bonchev–Trinajstić information content (AvgIpc) is 2.53. The molecule has 4 nitrogen and oxygen atoms in total. The summed E-state index contributed by atoms with van der Waals surface area (Å²) in [5, 5.41) is 0.409. The molecule has 0 amide bonds. The van der Waals surface area contributed by atoms with E-state index < -0.39 is 10.0 Å². The van der Waals surface area contributed by atoms with Crippen molar-refractivity contribution in [1.29, 1.82) is 0 Å². The van der Waals surface area contributed by atoms with E-state index in [1.165, 1.54) is 6.07 Å². The first-order valence-electron chi connectivity index (χ1n) is 6.99. The maximum atomic E-state index is 12.2. The van der Waals surface area contributed by atoms with Crippen LogP contribution in [-0.2, 0) is 10.0 Å². The zero-order chi connectivity index (χ0) is 17.6. The number of rotatable bonds is 5. The molecule has 0 aliphatic carbocycles. The van der Waals surface area contributed by atoms with Gasteiger partial charge in [0.1, 0.15) is 12.4 Å². The average molecular weight is 429 g/mol. The molecular formula is C17H15BrClNO3S. The lowest BCUT2D eigenvalue weighted by Crippen LogP contribution is -2.24. The van der Waals surface area contributed by atoms with Gasteiger partial charge in [0.05, 0.1) is 11.4 Å². The van der Waals surface area contributed by atoms with Gasteiger partial charge in [-0.25, -0.2) is 8.42 Å². The maximum absolute atomic E-state index is 12.2. The highest BCUT2D eigenvalue weighted by molar-refractivity contribution is 9.10. The molecule has 0 radical (unpaired) electrons. The van der Waals surface area contributed by atoms with Gasteiger partial charge in [0.2, 0.25) is 10.0 Å². The number of nitrogens with one attached hydrogen (secondary N) is 1.